The lowest BCUT2D eigenvalue weighted by Crippen LogP contribution is -2.35. The van der Waals surface area contributed by atoms with Crippen molar-refractivity contribution in [3.8, 4) is 11.4 Å². The highest BCUT2D eigenvalue weighted by molar-refractivity contribution is 7.08. The van der Waals surface area contributed by atoms with Crippen LogP contribution in [0, 0.1) is 0 Å². The summed E-state index contributed by atoms with van der Waals surface area (Å²) in [5.41, 5.74) is 0.924. The molecule has 0 bridgehead atoms. The number of aromatic nitrogens is 2. The van der Waals surface area contributed by atoms with Gasteiger partial charge in [0.25, 0.3) is 0 Å². The summed E-state index contributed by atoms with van der Waals surface area (Å²) in [4.78, 5) is 16.1. The molecule has 0 fully saturated rings. The Balaban J connectivity index is 1.81. The normalized spacial score (nSPS) is 12.3. The van der Waals surface area contributed by atoms with Gasteiger partial charge in [-0.2, -0.15) is 16.3 Å². The summed E-state index contributed by atoms with van der Waals surface area (Å²) in [7, 11) is 0. The fourth-order valence-electron chi connectivity index (χ4n) is 1.92. The molecule has 0 spiro atoms. The Kier molecular flexibility index (Phi) is 5.89. The number of nitrogens with one attached hydrogen (secondary N) is 1. The molecule has 0 aliphatic rings. The summed E-state index contributed by atoms with van der Waals surface area (Å²) in [6.07, 6.45) is 2.09. The van der Waals surface area contributed by atoms with E-state index >= 15 is 0 Å². The van der Waals surface area contributed by atoms with Gasteiger partial charge in [0.1, 0.15) is 0 Å². The first kappa shape index (κ1) is 15.7. The van der Waals surface area contributed by atoms with Gasteiger partial charge >= 0.3 is 0 Å². The predicted molar refractivity (Wildman–Crippen MR) is 79.9 cm³/mol. The minimum absolute atomic E-state index is 0.0200. The number of aryl methyl sites for hydroxylation is 1. The van der Waals surface area contributed by atoms with Crippen LogP contribution in [0.5, 0.6) is 0 Å². The zero-order chi connectivity index (χ0) is 15.1. The summed E-state index contributed by atoms with van der Waals surface area (Å²) in [6, 6.07) is 1.94. The van der Waals surface area contributed by atoms with Gasteiger partial charge in [0.05, 0.1) is 0 Å². The summed E-state index contributed by atoms with van der Waals surface area (Å²) in [6.45, 7) is 2.05. The molecule has 0 radical (unpaired) electrons. The van der Waals surface area contributed by atoms with E-state index in [0.717, 1.165) is 12.0 Å². The summed E-state index contributed by atoms with van der Waals surface area (Å²) in [5.74, 6) is 0.950. The van der Waals surface area contributed by atoms with Crippen molar-refractivity contribution in [3.05, 3.63) is 22.7 Å². The second-order valence-electron chi connectivity index (χ2n) is 4.71. The van der Waals surface area contributed by atoms with Gasteiger partial charge in [-0.05, 0) is 24.3 Å². The minimum atomic E-state index is -0.0643. The number of carbonyl (C=O) groups excluding carboxylic acids is 1. The summed E-state index contributed by atoms with van der Waals surface area (Å²) in [5, 5.41) is 19.6. The van der Waals surface area contributed by atoms with E-state index in [4.69, 9.17) is 9.63 Å². The van der Waals surface area contributed by atoms with Gasteiger partial charge in [-0.3, -0.25) is 4.79 Å². The van der Waals surface area contributed by atoms with Crippen molar-refractivity contribution in [3.63, 3.8) is 0 Å². The maximum atomic E-state index is 11.8. The lowest BCUT2D eigenvalue weighted by atomic mass is 10.1. The molecular formula is C14H19N3O3S. The molecule has 6 nitrogen and oxygen atoms in total. The van der Waals surface area contributed by atoms with Gasteiger partial charge in [0.15, 0.2) is 0 Å². The third-order valence-electron chi connectivity index (χ3n) is 3.15. The first-order valence-corrected chi connectivity index (χ1v) is 7.92. The molecule has 1 unspecified atom stereocenters. The quantitative estimate of drug-likeness (QED) is 0.778. The Bertz CT molecular complexity index is 554. The van der Waals surface area contributed by atoms with E-state index in [1.807, 2.05) is 23.8 Å². The summed E-state index contributed by atoms with van der Waals surface area (Å²) < 4.78 is 5.14. The van der Waals surface area contributed by atoms with Crippen LogP contribution >= 0.6 is 11.3 Å². The highest BCUT2D eigenvalue weighted by Gasteiger charge is 2.13. The number of thiophene rings is 1. The van der Waals surface area contributed by atoms with Crippen LogP contribution in [0.15, 0.2) is 21.3 Å². The molecule has 1 amide bonds. The topological polar surface area (TPSA) is 88.2 Å². The number of nitrogens with zero attached hydrogens (tertiary/aromatic N) is 2. The number of hydrogen-bond acceptors (Lipinski definition) is 6. The molecule has 21 heavy (non-hydrogen) atoms. The van der Waals surface area contributed by atoms with Crippen LogP contribution in [0.2, 0.25) is 0 Å². The van der Waals surface area contributed by atoms with E-state index in [9.17, 15) is 4.79 Å². The standard InChI is InChI=1S/C14H19N3O3S/c1-2-11(5-7-18)15-12(19)3-4-13-16-14(17-20-13)10-6-8-21-9-10/h6,8-9,11,18H,2-5,7H2,1H3,(H,15,19). The molecular weight excluding hydrogens is 290 g/mol. The molecule has 114 valence electrons. The number of aliphatic hydroxyl groups is 1. The van der Waals surface area contributed by atoms with Crippen LogP contribution in [-0.2, 0) is 11.2 Å². The van der Waals surface area contributed by atoms with Crippen LogP contribution in [0.25, 0.3) is 11.4 Å². The molecule has 0 saturated carbocycles. The number of carbonyl (C=O) groups is 1. The fraction of sp³-hybridized carbons (Fsp3) is 0.500. The van der Waals surface area contributed by atoms with Gasteiger partial charge in [0.2, 0.25) is 17.6 Å². The Morgan fingerprint density at radius 3 is 3.10 bits per heavy atom. The van der Waals surface area contributed by atoms with Crippen LogP contribution < -0.4 is 5.32 Å². The second-order valence-corrected chi connectivity index (χ2v) is 5.49. The van der Waals surface area contributed by atoms with Gasteiger partial charge < -0.3 is 14.9 Å². The Morgan fingerprint density at radius 2 is 2.43 bits per heavy atom. The maximum Gasteiger partial charge on any atom is 0.227 e. The Labute approximate surface area is 127 Å². The molecule has 0 aliphatic heterocycles. The maximum absolute atomic E-state index is 11.8. The van der Waals surface area contributed by atoms with Crippen molar-refractivity contribution in [2.75, 3.05) is 6.61 Å². The lowest BCUT2D eigenvalue weighted by molar-refractivity contribution is -0.122. The molecule has 2 rings (SSSR count). The van der Waals surface area contributed by atoms with Crippen LogP contribution in [-0.4, -0.2) is 33.8 Å². The van der Waals surface area contributed by atoms with Crippen molar-refractivity contribution in [2.45, 2.75) is 38.6 Å². The number of amides is 1. The monoisotopic (exact) mass is 309 g/mol. The van der Waals surface area contributed by atoms with Crippen LogP contribution in [0.4, 0.5) is 0 Å². The van der Waals surface area contributed by atoms with Crippen molar-refractivity contribution in [1.29, 1.82) is 0 Å². The van der Waals surface area contributed by atoms with Gasteiger partial charge in [0, 0.05) is 36.4 Å². The second kappa shape index (κ2) is 7.90. The van der Waals surface area contributed by atoms with E-state index in [2.05, 4.69) is 15.5 Å². The van der Waals surface area contributed by atoms with Crippen molar-refractivity contribution < 1.29 is 14.4 Å². The third-order valence-corrected chi connectivity index (χ3v) is 3.83. The smallest absolute Gasteiger partial charge is 0.227 e. The lowest BCUT2D eigenvalue weighted by Gasteiger charge is -2.15. The average Bonchev–Trinajstić information content (AvgIpc) is 3.15. The first-order chi connectivity index (χ1) is 10.2. The Morgan fingerprint density at radius 1 is 1.57 bits per heavy atom. The first-order valence-electron chi connectivity index (χ1n) is 6.98. The highest BCUT2D eigenvalue weighted by Crippen LogP contribution is 2.18. The molecule has 0 aromatic carbocycles. The predicted octanol–water partition coefficient (Wildman–Crippen LogP) is 2.01. The van der Waals surface area contributed by atoms with Gasteiger partial charge in [-0.1, -0.05) is 12.1 Å². The van der Waals surface area contributed by atoms with E-state index < -0.39 is 0 Å². The largest absolute Gasteiger partial charge is 0.396 e. The van der Waals surface area contributed by atoms with Gasteiger partial charge in [-0.25, -0.2) is 0 Å². The molecule has 7 heteroatoms. The van der Waals surface area contributed by atoms with Crippen LogP contribution in [0.1, 0.15) is 32.1 Å². The molecule has 1 atom stereocenters. The van der Waals surface area contributed by atoms with E-state index in [0.29, 0.717) is 31.0 Å². The fourth-order valence-corrected chi connectivity index (χ4v) is 2.55. The van der Waals surface area contributed by atoms with Crippen LogP contribution in [0.3, 0.4) is 0 Å². The number of hydrogen-bond donors (Lipinski definition) is 2. The van der Waals surface area contributed by atoms with Crippen molar-refractivity contribution in [2.24, 2.45) is 0 Å². The van der Waals surface area contributed by atoms with Crippen molar-refractivity contribution >= 4 is 17.2 Å². The third kappa shape index (κ3) is 4.64. The minimum Gasteiger partial charge on any atom is -0.396 e. The number of rotatable bonds is 8. The van der Waals surface area contributed by atoms with E-state index in [1.165, 1.54) is 0 Å². The number of aliphatic hydroxyl groups excluding tert-OH is 1. The average molecular weight is 309 g/mol. The Hall–Kier alpha value is -1.73. The van der Waals surface area contributed by atoms with Crippen molar-refractivity contribution in [1.82, 2.24) is 15.5 Å². The SMILES string of the molecule is CCC(CCO)NC(=O)CCc1nc(-c2ccsc2)no1. The van der Waals surface area contributed by atoms with E-state index in [-0.39, 0.29) is 18.6 Å². The molecule has 2 heterocycles. The highest BCUT2D eigenvalue weighted by atomic mass is 32.1. The van der Waals surface area contributed by atoms with E-state index in [1.54, 1.807) is 11.3 Å². The van der Waals surface area contributed by atoms with Gasteiger partial charge in [-0.15, -0.1) is 0 Å². The zero-order valence-electron chi connectivity index (χ0n) is 11.9. The zero-order valence-corrected chi connectivity index (χ0v) is 12.7. The molecule has 2 aromatic heterocycles. The molecule has 0 saturated heterocycles. The summed E-state index contributed by atoms with van der Waals surface area (Å²) >= 11 is 1.57. The molecule has 2 N–H and O–H groups in total. The molecule has 2 aromatic rings. The molecule has 0 aliphatic carbocycles.